The Morgan fingerprint density at radius 3 is 2.02 bits per heavy atom. The Bertz CT molecular complexity index is 2190. The highest BCUT2D eigenvalue weighted by Gasteiger charge is 2.16. The molecule has 190 valence electrons. The Morgan fingerprint density at radius 2 is 1.25 bits per heavy atom. The van der Waals surface area contributed by atoms with E-state index in [1.54, 1.807) is 0 Å². The van der Waals surface area contributed by atoms with E-state index < -0.39 is 0 Å². The number of rotatable bonds is 4. The monoisotopic (exact) mass is 514 g/mol. The zero-order valence-electron chi connectivity index (χ0n) is 22.1. The van der Waals surface area contributed by atoms with Crippen molar-refractivity contribution in [2.75, 3.05) is 0 Å². The molecule has 0 N–H and O–H groups in total. The Kier molecular flexibility index (Phi) is 5.07. The maximum atomic E-state index is 5.26. The second-order valence-electron chi connectivity index (χ2n) is 10.4. The van der Waals surface area contributed by atoms with E-state index in [2.05, 4.69) is 125 Å². The molecular weight excluding hydrogens is 488 g/mol. The van der Waals surface area contributed by atoms with Gasteiger partial charge in [0.15, 0.2) is 0 Å². The summed E-state index contributed by atoms with van der Waals surface area (Å²) >= 11 is 0. The Morgan fingerprint density at radius 1 is 0.550 bits per heavy atom. The van der Waals surface area contributed by atoms with Crippen LogP contribution in [-0.4, -0.2) is 19.1 Å². The summed E-state index contributed by atoms with van der Waals surface area (Å²) in [5.74, 6) is 0. The van der Waals surface area contributed by atoms with Gasteiger partial charge in [-0.25, -0.2) is 9.97 Å². The van der Waals surface area contributed by atoms with Crippen LogP contribution in [0.1, 0.15) is 16.8 Å². The molecule has 0 radical (unpaired) electrons. The fourth-order valence-electron chi connectivity index (χ4n) is 6.03. The molecule has 0 amide bonds. The number of fused-ring (bicyclic) bond motifs is 6. The zero-order chi connectivity index (χ0) is 26.6. The Labute approximate surface area is 231 Å². The van der Waals surface area contributed by atoms with Gasteiger partial charge in [0.2, 0.25) is 0 Å². The Hall–Kier alpha value is -5.22. The standard InChI is InChI=1S/C36H26N4/c1-24-14-19-33-32(21-24)31-18-16-26(38-36(31)39(33)27-9-4-2-5-10-27)22-25-15-17-29-30-13-8-20-37-35(30)40(34(29)23-25)28-11-6-3-7-12-28/h2-21,23H,22H2,1H3. The highest BCUT2D eigenvalue weighted by molar-refractivity contribution is 6.09. The van der Waals surface area contributed by atoms with E-state index in [0.29, 0.717) is 0 Å². The fraction of sp³-hybridized carbons (Fsp3) is 0.0556. The number of hydrogen-bond donors (Lipinski definition) is 0. The molecule has 0 saturated carbocycles. The number of benzene rings is 4. The summed E-state index contributed by atoms with van der Waals surface area (Å²) < 4.78 is 4.55. The molecule has 8 rings (SSSR count). The lowest BCUT2D eigenvalue weighted by Crippen LogP contribution is -1.99. The third-order valence-corrected chi connectivity index (χ3v) is 7.83. The minimum atomic E-state index is 0.741. The molecular formula is C36H26N4. The lowest BCUT2D eigenvalue weighted by molar-refractivity contribution is 1.06. The molecule has 0 aliphatic heterocycles. The van der Waals surface area contributed by atoms with Crippen LogP contribution in [0.3, 0.4) is 0 Å². The molecule has 0 atom stereocenters. The largest absolute Gasteiger partial charge is 0.294 e. The van der Waals surface area contributed by atoms with Crippen molar-refractivity contribution < 1.29 is 0 Å². The minimum Gasteiger partial charge on any atom is -0.294 e. The summed E-state index contributed by atoms with van der Waals surface area (Å²) in [6.07, 6.45) is 2.61. The van der Waals surface area contributed by atoms with Gasteiger partial charge in [-0.1, -0.05) is 60.2 Å². The maximum absolute atomic E-state index is 5.26. The smallest absolute Gasteiger partial charge is 0.145 e. The van der Waals surface area contributed by atoms with E-state index in [4.69, 9.17) is 9.97 Å². The van der Waals surface area contributed by atoms with Crippen molar-refractivity contribution in [1.29, 1.82) is 0 Å². The quantitative estimate of drug-likeness (QED) is 0.236. The van der Waals surface area contributed by atoms with Crippen LogP contribution in [0.4, 0.5) is 0 Å². The molecule has 4 heteroatoms. The van der Waals surface area contributed by atoms with Gasteiger partial charge in [-0.15, -0.1) is 0 Å². The minimum absolute atomic E-state index is 0.741. The van der Waals surface area contributed by atoms with Gasteiger partial charge in [0.25, 0.3) is 0 Å². The first kappa shape index (κ1) is 22.7. The molecule has 0 fully saturated rings. The fourth-order valence-corrected chi connectivity index (χ4v) is 6.03. The summed E-state index contributed by atoms with van der Waals surface area (Å²) in [6, 6.07) is 43.0. The number of para-hydroxylation sites is 2. The highest BCUT2D eigenvalue weighted by atomic mass is 15.1. The summed E-state index contributed by atoms with van der Waals surface area (Å²) in [5, 5.41) is 4.78. The van der Waals surface area contributed by atoms with Gasteiger partial charge in [0, 0.05) is 51.2 Å². The van der Waals surface area contributed by atoms with Gasteiger partial charge in [-0.3, -0.25) is 9.13 Å². The molecule has 4 aromatic heterocycles. The third kappa shape index (κ3) is 3.53. The van der Waals surface area contributed by atoms with Crippen molar-refractivity contribution >= 4 is 43.9 Å². The SMILES string of the molecule is Cc1ccc2c(c1)c1ccc(Cc3ccc4c5cccnc5n(-c5ccccc5)c4c3)nc1n2-c1ccccc1. The molecule has 0 aliphatic carbocycles. The molecule has 40 heavy (non-hydrogen) atoms. The van der Waals surface area contributed by atoms with E-state index >= 15 is 0 Å². The predicted molar refractivity (Wildman–Crippen MR) is 165 cm³/mol. The molecule has 0 unspecified atom stereocenters. The van der Waals surface area contributed by atoms with Crippen LogP contribution in [0.5, 0.6) is 0 Å². The van der Waals surface area contributed by atoms with Crippen molar-refractivity contribution in [3.05, 3.63) is 144 Å². The second kappa shape index (κ2) is 8.92. The summed E-state index contributed by atoms with van der Waals surface area (Å²) in [5.41, 5.74) is 10.1. The molecule has 4 heterocycles. The second-order valence-corrected chi connectivity index (χ2v) is 10.4. The van der Waals surface area contributed by atoms with Crippen LogP contribution in [0.2, 0.25) is 0 Å². The van der Waals surface area contributed by atoms with Crippen molar-refractivity contribution in [1.82, 2.24) is 19.1 Å². The van der Waals surface area contributed by atoms with E-state index in [-0.39, 0.29) is 0 Å². The average Bonchev–Trinajstić information content (AvgIpc) is 3.49. The van der Waals surface area contributed by atoms with E-state index in [1.807, 2.05) is 18.3 Å². The van der Waals surface area contributed by atoms with Crippen LogP contribution in [0.15, 0.2) is 128 Å². The number of pyridine rings is 2. The lowest BCUT2D eigenvalue weighted by Gasteiger charge is -2.09. The highest BCUT2D eigenvalue weighted by Crippen LogP contribution is 2.34. The molecule has 4 aromatic carbocycles. The van der Waals surface area contributed by atoms with Crippen LogP contribution in [-0.2, 0) is 6.42 Å². The first-order valence-electron chi connectivity index (χ1n) is 13.6. The van der Waals surface area contributed by atoms with Crippen LogP contribution < -0.4 is 0 Å². The number of nitrogens with zero attached hydrogens (tertiary/aromatic N) is 4. The third-order valence-electron chi connectivity index (χ3n) is 7.83. The van der Waals surface area contributed by atoms with Gasteiger partial charge >= 0.3 is 0 Å². The first-order valence-corrected chi connectivity index (χ1v) is 13.6. The van der Waals surface area contributed by atoms with Gasteiger partial charge < -0.3 is 0 Å². The number of hydrogen-bond acceptors (Lipinski definition) is 2. The Balaban J connectivity index is 1.29. The van der Waals surface area contributed by atoms with Crippen LogP contribution in [0.25, 0.3) is 55.2 Å². The topological polar surface area (TPSA) is 35.6 Å². The average molecular weight is 515 g/mol. The predicted octanol–water partition coefficient (Wildman–Crippen LogP) is 8.57. The normalized spacial score (nSPS) is 11.7. The number of aromatic nitrogens is 4. The lowest BCUT2D eigenvalue weighted by atomic mass is 10.1. The number of aryl methyl sites for hydroxylation is 1. The van der Waals surface area contributed by atoms with E-state index in [1.165, 1.54) is 32.8 Å². The van der Waals surface area contributed by atoms with Crippen molar-refractivity contribution in [3.63, 3.8) is 0 Å². The summed E-state index contributed by atoms with van der Waals surface area (Å²) in [4.78, 5) is 10.0. The molecule has 0 saturated heterocycles. The van der Waals surface area contributed by atoms with Gasteiger partial charge in [-0.2, -0.15) is 0 Å². The summed E-state index contributed by atoms with van der Waals surface area (Å²) in [6.45, 7) is 2.15. The van der Waals surface area contributed by atoms with Crippen molar-refractivity contribution in [2.45, 2.75) is 13.3 Å². The van der Waals surface area contributed by atoms with E-state index in [9.17, 15) is 0 Å². The van der Waals surface area contributed by atoms with Crippen LogP contribution in [0, 0.1) is 6.92 Å². The summed E-state index contributed by atoms with van der Waals surface area (Å²) in [7, 11) is 0. The molecule has 0 bridgehead atoms. The van der Waals surface area contributed by atoms with E-state index in [0.717, 1.165) is 45.7 Å². The van der Waals surface area contributed by atoms with Gasteiger partial charge in [0.05, 0.1) is 11.0 Å². The molecule has 8 aromatic rings. The molecule has 0 spiro atoms. The molecule has 4 nitrogen and oxygen atoms in total. The van der Waals surface area contributed by atoms with Crippen molar-refractivity contribution in [2.24, 2.45) is 0 Å². The van der Waals surface area contributed by atoms with Gasteiger partial charge in [0.1, 0.15) is 11.3 Å². The van der Waals surface area contributed by atoms with Crippen molar-refractivity contribution in [3.8, 4) is 11.4 Å². The zero-order valence-corrected chi connectivity index (χ0v) is 22.1. The maximum Gasteiger partial charge on any atom is 0.145 e. The van der Waals surface area contributed by atoms with Gasteiger partial charge in [-0.05, 0) is 79.2 Å². The molecule has 0 aliphatic rings. The van der Waals surface area contributed by atoms with Crippen LogP contribution >= 0.6 is 0 Å². The first-order chi connectivity index (χ1) is 19.7.